The van der Waals surface area contributed by atoms with Gasteiger partial charge in [0.15, 0.2) is 5.52 Å². The van der Waals surface area contributed by atoms with E-state index in [0.29, 0.717) is 30.8 Å². The molecule has 0 bridgehead atoms. The summed E-state index contributed by atoms with van der Waals surface area (Å²) in [5, 5.41) is 18.5. The first-order valence-corrected chi connectivity index (χ1v) is 7.19. The van der Waals surface area contributed by atoms with Gasteiger partial charge in [-0.1, -0.05) is 12.1 Å². The van der Waals surface area contributed by atoms with Gasteiger partial charge in [-0.2, -0.15) is 0 Å². The van der Waals surface area contributed by atoms with Gasteiger partial charge in [-0.15, -0.1) is 0 Å². The van der Waals surface area contributed by atoms with E-state index >= 15 is 0 Å². The number of non-ortho nitro benzene ring substituents is 1. The fraction of sp³-hybridized carbons (Fsp3) is 0.200. The number of nitrogens with zero attached hydrogens (tertiary/aromatic N) is 4. The predicted octanol–water partition coefficient (Wildman–Crippen LogP) is 2.24. The maximum atomic E-state index is 13.1. The van der Waals surface area contributed by atoms with Gasteiger partial charge < -0.3 is 10.6 Å². The molecule has 1 aromatic heterocycles. The van der Waals surface area contributed by atoms with Gasteiger partial charge in [0.25, 0.3) is 0 Å². The number of rotatable bonds is 6. The molecule has 124 valence electrons. The second kappa shape index (κ2) is 6.59. The number of nitro groups is 1. The first-order valence-electron chi connectivity index (χ1n) is 7.19. The zero-order valence-corrected chi connectivity index (χ0v) is 12.6. The molecule has 0 saturated carbocycles. The van der Waals surface area contributed by atoms with E-state index in [4.69, 9.17) is 5.73 Å². The molecule has 8 nitrogen and oxygen atoms in total. The van der Waals surface area contributed by atoms with Crippen molar-refractivity contribution in [1.82, 2.24) is 10.3 Å². The Bertz CT molecular complexity index is 865. The lowest BCUT2D eigenvalue weighted by atomic mass is 10.1. The van der Waals surface area contributed by atoms with Crippen molar-refractivity contribution in [3.05, 3.63) is 57.9 Å². The van der Waals surface area contributed by atoms with Crippen LogP contribution in [0.15, 0.2) is 41.0 Å². The number of hydrogen-bond acceptors (Lipinski definition) is 7. The Morgan fingerprint density at radius 3 is 2.54 bits per heavy atom. The highest BCUT2D eigenvalue weighted by atomic mass is 19.1. The van der Waals surface area contributed by atoms with Gasteiger partial charge in [-0.3, -0.25) is 10.1 Å². The molecule has 0 saturated heterocycles. The van der Waals surface area contributed by atoms with Crippen molar-refractivity contribution >= 4 is 22.4 Å². The molecule has 0 atom stereocenters. The first-order chi connectivity index (χ1) is 11.6. The smallest absolute Gasteiger partial charge is 0.300 e. The molecule has 2 aromatic carbocycles. The van der Waals surface area contributed by atoms with E-state index in [1.54, 1.807) is 18.2 Å². The molecule has 0 radical (unpaired) electrons. The molecule has 1 heterocycles. The van der Waals surface area contributed by atoms with Crippen LogP contribution in [0.2, 0.25) is 0 Å². The Balaban J connectivity index is 2.01. The average molecular weight is 331 g/mol. The summed E-state index contributed by atoms with van der Waals surface area (Å²) in [7, 11) is 0. The third kappa shape index (κ3) is 3.01. The molecule has 0 amide bonds. The largest absolute Gasteiger partial charge is 0.364 e. The lowest BCUT2D eigenvalue weighted by Gasteiger charge is -2.24. The van der Waals surface area contributed by atoms with Crippen LogP contribution in [-0.2, 0) is 6.54 Å². The second-order valence-corrected chi connectivity index (χ2v) is 5.16. The summed E-state index contributed by atoms with van der Waals surface area (Å²) in [6.07, 6.45) is 0. The van der Waals surface area contributed by atoms with Gasteiger partial charge in [0.1, 0.15) is 5.82 Å². The van der Waals surface area contributed by atoms with Gasteiger partial charge in [-0.25, -0.2) is 9.02 Å². The number of halogens is 1. The zero-order valence-electron chi connectivity index (χ0n) is 12.6. The highest BCUT2D eigenvalue weighted by molar-refractivity contribution is 5.93. The minimum absolute atomic E-state index is 0.0821. The van der Waals surface area contributed by atoms with Crippen LogP contribution >= 0.6 is 0 Å². The Kier molecular flexibility index (Phi) is 4.34. The standard InChI is InChI=1S/C15H14FN5O3/c16-11-3-1-10(2-4-11)9-20(8-7-17)12-5-6-13(21(22)23)15-14(12)18-24-19-15/h1-6H,7-9,17H2. The Hall–Kier alpha value is -3.07. The number of benzene rings is 2. The van der Waals surface area contributed by atoms with Crippen LogP contribution in [0.25, 0.3) is 11.0 Å². The molecule has 2 N–H and O–H groups in total. The second-order valence-electron chi connectivity index (χ2n) is 5.16. The van der Waals surface area contributed by atoms with Crippen LogP contribution in [0.1, 0.15) is 5.56 Å². The van der Waals surface area contributed by atoms with Crippen LogP contribution in [0.4, 0.5) is 15.8 Å². The Labute approximate surface area is 135 Å². The Morgan fingerprint density at radius 2 is 1.88 bits per heavy atom. The molecule has 0 aliphatic rings. The number of aromatic nitrogens is 2. The molecule has 0 fully saturated rings. The topological polar surface area (TPSA) is 111 Å². The predicted molar refractivity (Wildman–Crippen MR) is 85.0 cm³/mol. The lowest BCUT2D eigenvalue weighted by molar-refractivity contribution is -0.383. The van der Waals surface area contributed by atoms with Crippen molar-refractivity contribution in [3.8, 4) is 0 Å². The summed E-state index contributed by atoms with van der Waals surface area (Å²) < 4.78 is 17.7. The normalized spacial score (nSPS) is 10.9. The van der Waals surface area contributed by atoms with Gasteiger partial charge in [0.2, 0.25) is 5.52 Å². The minimum Gasteiger partial charge on any atom is -0.364 e. The SMILES string of the molecule is NCCN(Cc1ccc(F)cc1)c1ccc([N+](=O)[O-])c2nonc12. The van der Waals surface area contributed by atoms with Crippen molar-refractivity contribution in [2.75, 3.05) is 18.0 Å². The molecular weight excluding hydrogens is 317 g/mol. The number of nitrogens with two attached hydrogens (primary N) is 1. The van der Waals surface area contributed by atoms with Crippen LogP contribution in [0.3, 0.4) is 0 Å². The van der Waals surface area contributed by atoms with Gasteiger partial charge in [-0.05, 0) is 34.1 Å². The number of hydrogen-bond donors (Lipinski definition) is 1. The summed E-state index contributed by atoms with van der Waals surface area (Å²) in [5.41, 5.74) is 7.36. The summed E-state index contributed by atoms with van der Waals surface area (Å²) >= 11 is 0. The molecule has 0 aliphatic heterocycles. The summed E-state index contributed by atoms with van der Waals surface area (Å²) in [6, 6.07) is 9.03. The molecule has 0 spiro atoms. The van der Waals surface area contributed by atoms with Crippen molar-refractivity contribution in [2.24, 2.45) is 5.73 Å². The third-order valence-electron chi connectivity index (χ3n) is 3.60. The number of anilines is 1. The number of nitro benzene ring substituents is 1. The van der Waals surface area contributed by atoms with E-state index < -0.39 is 4.92 Å². The highest BCUT2D eigenvalue weighted by Gasteiger charge is 2.22. The van der Waals surface area contributed by atoms with Crippen molar-refractivity contribution in [1.29, 1.82) is 0 Å². The van der Waals surface area contributed by atoms with Gasteiger partial charge in [0, 0.05) is 25.7 Å². The number of fused-ring (bicyclic) bond motifs is 1. The zero-order chi connectivity index (χ0) is 17.1. The monoisotopic (exact) mass is 331 g/mol. The van der Waals surface area contributed by atoms with E-state index in [2.05, 4.69) is 14.9 Å². The minimum atomic E-state index is -0.538. The van der Waals surface area contributed by atoms with Crippen LogP contribution < -0.4 is 10.6 Å². The molecule has 9 heteroatoms. The fourth-order valence-electron chi connectivity index (χ4n) is 2.49. The van der Waals surface area contributed by atoms with Crippen LogP contribution in [0, 0.1) is 15.9 Å². The third-order valence-corrected chi connectivity index (χ3v) is 3.60. The maximum Gasteiger partial charge on any atom is 0.300 e. The van der Waals surface area contributed by atoms with Gasteiger partial charge >= 0.3 is 5.69 Å². The average Bonchev–Trinajstić information content (AvgIpc) is 3.05. The highest BCUT2D eigenvalue weighted by Crippen LogP contribution is 2.31. The molecule has 0 aliphatic carbocycles. The lowest BCUT2D eigenvalue weighted by Crippen LogP contribution is -2.29. The van der Waals surface area contributed by atoms with Crippen molar-refractivity contribution in [2.45, 2.75) is 6.54 Å². The van der Waals surface area contributed by atoms with Gasteiger partial charge in [0.05, 0.1) is 10.6 Å². The summed E-state index contributed by atoms with van der Waals surface area (Å²) in [6.45, 7) is 1.29. The Morgan fingerprint density at radius 1 is 1.17 bits per heavy atom. The quantitative estimate of drug-likeness (QED) is 0.544. The maximum absolute atomic E-state index is 13.1. The van der Waals surface area contributed by atoms with Crippen LogP contribution in [-0.4, -0.2) is 28.3 Å². The van der Waals surface area contributed by atoms with Crippen molar-refractivity contribution < 1.29 is 13.9 Å². The molecule has 24 heavy (non-hydrogen) atoms. The van der Waals surface area contributed by atoms with E-state index in [0.717, 1.165) is 5.56 Å². The molecule has 3 aromatic rings. The first kappa shape index (κ1) is 15.8. The van der Waals surface area contributed by atoms with Crippen LogP contribution in [0.5, 0.6) is 0 Å². The van der Waals surface area contributed by atoms with E-state index in [9.17, 15) is 14.5 Å². The summed E-state index contributed by atoms with van der Waals surface area (Å²) in [5.74, 6) is -0.317. The van der Waals surface area contributed by atoms with E-state index in [1.165, 1.54) is 18.2 Å². The molecule has 0 unspecified atom stereocenters. The van der Waals surface area contributed by atoms with E-state index in [1.807, 2.05) is 4.90 Å². The molecular formula is C15H14FN5O3. The molecule has 3 rings (SSSR count). The summed E-state index contributed by atoms with van der Waals surface area (Å²) in [4.78, 5) is 12.4. The fourth-order valence-corrected chi connectivity index (χ4v) is 2.49. The van der Waals surface area contributed by atoms with Crippen molar-refractivity contribution in [3.63, 3.8) is 0 Å². The van der Waals surface area contributed by atoms with E-state index in [-0.39, 0.29) is 17.0 Å².